The number of ketones is 1. The van der Waals surface area contributed by atoms with Gasteiger partial charge in [-0.1, -0.05) is 0 Å². The number of carbonyl (C=O) groups excluding carboxylic acids is 3. The van der Waals surface area contributed by atoms with Crippen LogP contribution < -0.4 is 0 Å². The first-order valence-corrected chi connectivity index (χ1v) is 6.80. The molecule has 2 rings (SSSR count). The summed E-state index contributed by atoms with van der Waals surface area (Å²) in [6.45, 7) is 6.55. The van der Waals surface area contributed by atoms with Crippen LogP contribution in [0.5, 0.6) is 0 Å². The normalized spacial score (nSPS) is 27.8. The molecule has 112 valence electrons. The molecule has 6 nitrogen and oxygen atoms in total. The van der Waals surface area contributed by atoms with Crippen molar-refractivity contribution in [2.45, 2.75) is 32.8 Å². The molecule has 0 spiro atoms. The maximum atomic E-state index is 11.9. The number of hydrogen-bond donors (Lipinski definition) is 0. The molecule has 6 heteroatoms. The summed E-state index contributed by atoms with van der Waals surface area (Å²) < 4.78 is 9.79. The predicted molar refractivity (Wildman–Crippen MR) is 69.9 cm³/mol. The number of esters is 1. The fraction of sp³-hybridized carbons (Fsp3) is 0.786. The second kappa shape index (κ2) is 5.07. The van der Waals surface area contributed by atoms with Gasteiger partial charge in [0.1, 0.15) is 17.8 Å². The molecular formula is C14H21NO5. The first-order chi connectivity index (χ1) is 9.23. The van der Waals surface area contributed by atoms with E-state index in [0.29, 0.717) is 13.1 Å². The number of likely N-dealkylation sites (tertiary alicyclic amines) is 1. The lowest BCUT2D eigenvalue weighted by molar-refractivity contribution is -0.143. The molecule has 1 heterocycles. The molecule has 1 saturated heterocycles. The summed E-state index contributed by atoms with van der Waals surface area (Å²) >= 11 is 0. The average Bonchev–Trinajstić information content (AvgIpc) is 2.82. The minimum Gasteiger partial charge on any atom is -0.469 e. The molecule has 1 saturated carbocycles. The van der Waals surface area contributed by atoms with Crippen LogP contribution >= 0.6 is 0 Å². The van der Waals surface area contributed by atoms with Crippen LogP contribution in [0.2, 0.25) is 0 Å². The van der Waals surface area contributed by atoms with E-state index in [4.69, 9.17) is 4.74 Å². The fourth-order valence-electron chi connectivity index (χ4n) is 2.81. The van der Waals surface area contributed by atoms with Gasteiger partial charge in [0.15, 0.2) is 0 Å². The van der Waals surface area contributed by atoms with Gasteiger partial charge < -0.3 is 14.4 Å². The molecule has 2 aliphatic rings. The molecule has 1 amide bonds. The molecule has 0 bridgehead atoms. The van der Waals surface area contributed by atoms with E-state index in [1.165, 1.54) is 7.11 Å². The summed E-state index contributed by atoms with van der Waals surface area (Å²) in [6.07, 6.45) is -0.496. The van der Waals surface area contributed by atoms with Crippen molar-refractivity contribution in [1.82, 2.24) is 4.90 Å². The van der Waals surface area contributed by atoms with Gasteiger partial charge in [-0.3, -0.25) is 9.59 Å². The van der Waals surface area contributed by atoms with E-state index in [1.807, 2.05) is 20.8 Å². The number of hydrogen-bond acceptors (Lipinski definition) is 5. The number of Topliss-reactive ketones (excluding diaryl/α,β-unsaturated/α-hetero) is 1. The minimum absolute atomic E-state index is 0.0734. The molecule has 0 aromatic carbocycles. The zero-order valence-corrected chi connectivity index (χ0v) is 12.3. The summed E-state index contributed by atoms with van der Waals surface area (Å²) in [5.74, 6) is -0.299. The van der Waals surface area contributed by atoms with Gasteiger partial charge >= 0.3 is 12.1 Å². The molecule has 0 aromatic heterocycles. The van der Waals surface area contributed by atoms with Crippen LogP contribution in [0.1, 0.15) is 27.2 Å². The van der Waals surface area contributed by atoms with Gasteiger partial charge in [0.25, 0.3) is 0 Å². The SMILES string of the molecule is COC(=O)CC(=O)C1[C@H]2CN(C(=O)OC(C)(C)C)C[C@@H]12. The number of methoxy groups -OCH3 is 1. The molecule has 2 fully saturated rings. The van der Waals surface area contributed by atoms with E-state index in [0.717, 1.165) is 0 Å². The van der Waals surface area contributed by atoms with Crippen LogP contribution in [-0.4, -0.2) is 48.5 Å². The Balaban J connectivity index is 1.80. The highest BCUT2D eigenvalue weighted by atomic mass is 16.6. The second-order valence-corrected chi connectivity index (χ2v) is 6.46. The quantitative estimate of drug-likeness (QED) is 0.575. The second-order valence-electron chi connectivity index (χ2n) is 6.46. The lowest BCUT2D eigenvalue weighted by Crippen LogP contribution is -2.37. The van der Waals surface area contributed by atoms with E-state index < -0.39 is 11.6 Å². The molecular weight excluding hydrogens is 262 g/mol. The van der Waals surface area contributed by atoms with E-state index >= 15 is 0 Å². The Morgan fingerprint density at radius 3 is 2.15 bits per heavy atom. The molecule has 0 aromatic rings. The molecule has 0 N–H and O–H groups in total. The van der Waals surface area contributed by atoms with Crippen LogP contribution in [0.4, 0.5) is 4.79 Å². The van der Waals surface area contributed by atoms with Gasteiger partial charge in [0.05, 0.1) is 7.11 Å². The Labute approximate surface area is 118 Å². The topological polar surface area (TPSA) is 72.9 Å². The zero-order chi connectivity index (χ0) is 15.1. The van der Waals surface area contributed by atoms with Crippen molar-refractivity contribution in [3.8, 4) is 0 Å². The standard InChI is InChI=1S/C14H21NO5/c1-14(2,3)20-13(18)15-6-8-9(7-15)12(8)10(16)5-11(17)19-4/h8-9,12H,5-7H2,1-4H3/t8-,9+,12?. The van der Waals surface area contributed by atoms with Crippen LogP contribution in [0.25, 0.3) is 0 Å². The smallest absolute Gasteiger partial charge is 0.410 e. The number of ether oxygens (including phenoxy) is 2. The third-order valence-electron chi connectivity index (χ3n) is 3.76. The van der Waals surface area contributed by atoms with Crippen molar-refractivity contribution in [1.29, 1.82) is 0 Å². The van der Waals surface area contributed by atoms with Crippen LogP contribution in [0.3, 0.4) is 0 Å². The van der Waals surface area contributed by atoms with E-state index in [2.05, 4.69) is 4.74 Å². The van der Waals surface area contributed by atoms with Crippen molar-refractivity contribution in [2.24, 2.45) is 17.8 Å². The third-order valence-corrected chi connectivity index (χ3v) is 3.76. The van der Waals surface area contributed by atoms with Gasteiger partial charge in [-0.25, -0.2) is 4.79 Å². The Morgan fingerprint density at radius 1 is 1.15 bits per heavy atom. The maximum absolute atomic E-state index is 11.9. The molecule has 1 unspecified atom stereocenters. The van der Waals surface area contributed by atoms with Crippen molar-refractivity contribution in [3.05, 3.63) is 0 Å². The summed E-state index contributed by atoms with van der Waals surface area (Å²) in [5, 5.41) is 0. The summed E-state index contributed by atoms with van der Waals surface area (Å²) in [6, 6.07) is 0. The molecule has 0 radical (unpaired) electrons. The van der Waals surface area contributed by atoms with Crippen LogP contribution in [0.15, 0.2) is 0 Å². The Morgan fingerprint density at radius 2 is 1.70 bits per heavy atom. The number of amides is 1. The van der Waals surface area contributed by atoms with Crippen LogP contribution in [-0.2, 0) is 19.1 Å². The minimum atomic E-state index is -0.510. The highest BCUT2D eigenvalue weighted by Crippen LogP contribution is 2.52. The van der Waals surface area contributed by atoms with Crippen molar-refractivity contribution < 1.29 is 23.9 Å². The van der Waals surface area contributed by atoms with E-state index in [1.54, 1.807) is 4.90 Å². The summed E-state index contributed by atoms with van der Waals surface area (Å²) in [7, 11) is 1.27. The fourth-order valence-corrected chi connectivity index (χ4v) is 2.81. The number of nitrogens with zero attached hydrogens (tertiary/aromatic N) is 1. The van der Waals surface area contributed by atoms with Gasteiger partial charge in [-0.2, -0.15) is 0 Å². The highest BCUT2D eigenvalue weighted by Gasteiger charge is 2.60. The van der Waals surface area contributed by atoms with Crippen molar-refractivity contribution in [2.75, 3.05) is 20.2 Å². The first kappa shape index (κ1) is 14.8. The van der Waals surface area contributed by atoms with Crippen LogP contribution in [0, 0.1) is 17.8 Å². The third kappa shape index (κ3) is 3.11. The largest absolute Gasteiger partial charge is 0.469 e. The molecule has 1 aliphatic carbocycles. The van der Waals surface area contributed by atoms with Crippen molar-refractivity contribution >= 4 is 17.8 Å². The molecule has 20 heavy (non-hydrogen) atoms. The Bertz CT molecular complexity index is 427. The monoisotopic (exact) mass is 283 g/mol. The predicted octanol–water partition coefficient (Wildman–Crippen LogP) is 1.23. The highest BCUT2D eigenvalue weighted by molar-refractivity contribution is 5.98. The average molecular weight is 283 g/mol. The van der Waals surface area contributed by atoms with E-state index in [-0.39, 0.29) is 36.1 Å². The first-order valence-electron chi connectivity index (χ1n) is 6.80. The van der Waals surface area contributed by atoms with Gasteiger partial charge in [-0.15, -0.1) is 0 Å². The van der Waals surface area contributed by atoms with Crippen molar-refractivity contribution in [3.63, 3.8) is 0 Å². The molecule has 3 atom stereocenters. The summed E-state index contributed by atoms with van der Waals surface area (Å²) in [5.41, 5.74) is -0.510. The number of carbonyl (C=O) groups is 3. The lowest BCUT2D eigenvalue weighted by Gasteiger charge is -2.25. The lowest BCUT2D eigenvalue weighted by atomic mass is 10.1. The zero-order valence-electron chi connectivity index (χ0n) is 12.3. The van der Waals surface area contributed by atoms with Gasteiger partial charge in [-0.05, 0) is 32.6 Å². The van der Waals surface area contributed by atoms with Gasteiger partial charge in [0, 0.05) is 19.0 Å². The van der Waals surface area contributed by atoms with Gasteiger partial charge in [0.2, 0.25) is 0 Å². The number of fused-ring (bicyclic) bond motifs is 1. The summed E-state index contributed by atoms with van der Waals surface area (Å²) in [4.78, 5) is 36.4. The number of piperidine rings is 1. The number of rotatable bonds is 3. The Hall–Kier alpha value is -1.59. The van der Waals surface area contributed by atoms with E-state index in [9.17, 15) is 14.4 Å². The molecule has 1 aliphatic heterocycles. The Kier molecular flexibility index (Phi) is 3.75. The maximum Gasteiger partial charge on any atom is 0.410 e.